The zero-order chi connectivity index (χ0) is 17.5. The number of benzene rings is 2. The van der Waals surface area contributed by atoms with E-state index < -0.39 is 0 Å². The maximum Gasteiger partial charge on any atom is 0.315 e. The molecule has 1 aliphatic rings. The Balaban J connectivity index is 1.45. The van der Waals surface area contributed by atoms with Crippen LogP contribution in [0.15, 0.2) is 53.4 Å². The molecule has 1 aliphatic heterocycles. The summed E-state index contributed by atoms with van der Waals surface area (Å²) in [5.41, 5.74) is 1.19. The van der Waals surface area contributed by atoms with Crippen LogP contribution in [0.5, 0.6) is 11.5 Å². The zero-order valence-electron chi connectivity index (χ0n) is 14.2. The number of amides is 2. The number of carbonyl (C=O) groups excluding carboxylic acids is 1. The van der Waals surface area contributed by atoms with Gasteiger partial charge in [0, 0.05) is 10.6 Å². The van der Waals surface area contributed by atoms with Gasteiger partial charge < -0.3 is 20.1 Å². The van der Waals surface area contributed by atoms with Crippen LogP contribution in [0.4, 0.5) is 4.79 Å². The fourth-order valence-electron chi connectivity index (χ4n) is 2.76. The lowest BCUT2D eigenvalue weighted by Crippen LogP contribution is -2.40. The minimum absolute atomic E-state index is 0.0626. The molecule has 0 bridgehead atoms. The minimum atomic E-state index is -0.171. The average Bonchev–Trinajstić information content (AvgIpc) is 2.66. The highest BCUT2D eigenvalue weighted by Gasteiger charge is 2.21. The number of rotatable bonds is 6. The summed E-state index contributed by atoms with van der Waals surface area (Å²) in [6.45, 7) is 0.803. The second-order valence-corrected chi connectivity index (χ2v) is 6.76. The SMILES string of the molecule is COc1ccccc1OCCNC(=O)NC1CCSc2ccccc21. The van der Waals surface area contributed by atoms with Crippen LogP contribution in [0.25, 0.3) is 0 Å². The monoisotopic (exact) mass is 358 g/mol. The fraction of sp³-hybridized carbons (Fsp3) is 0.316. The van der Waals surface area contributed by atoms with Crippen molar-refractivity contribution in [2.75, 3.05) is 26.0 Å². The van der Waals surface area contributed by atoms with Gasteiger partial charge in [0.15, 0.2) is 11.5 Å². The zero-order valence-corrected chi connectivity index (χ0v) is 15.0. The first kappa shape index (κ1) is 17.5. The van der Waals surface area contributed by atoms with Crippen LogP contribution in [-0.4, -0.2) is 32.0 Å². The number of fused-ring (bicyclic) bond motifs is 1. The summed E-state index contributed by atoms with van der Waals surface area (Å²) in [6, 6.07) is 15.6. The molecular weight excluding hydrogens is 336 g/mol. The number of thioether (sulfide) groups is 1. The Hall–Kier alpha value is -2.34. The average molecular weight is 358 g/mol. The second-order valence-electron chi connectivity index (χ2n) is 5.63. The number of hydrogen-bond donors (Lipinski definition) is 2. The number of carbonyl (C=O) groups is 1. The first-order chi connectivity index (χ1) is 12.3. The van der Waals surface area contributed by atoms with E-state index in [1.54, 1.807) is 7.11 Å². The van der Waals surface area contributed by atoms with Gasteiger partial charge in [0.1, 0.15) is 6.61 Å². The Bertz CT molecular complexity index is 723. The van der Waals surface area contributed by atoms with Gasteiger partial charge in [0.25, 0.3) is 0 Å². The van der Waals surface area contributed by atoms with Crippen molar-refractivity contribution in [3.8, 4) is 11.5 Å². The highest BCUT2D eigenvalue weighted by atomic mass is 32.2. The number of methoxy groups -OCH3 is 1. The summed E-state index contributed by atoms with van der Waals surface area (Å²) < 4.78 is 10.9. The summed E-state index contributed by atoms with van der Waals surface area (Å²) >= 11 is 1.84. The van der Waals surface area contributed by atoms with Gasteiger partial charge in [-0.3, -0.25) is 0 Å². The summed E-state index contributed by atoms with van der Waals surface area (Å²) in [5, 5.41) is 5.90. The van der Waals surface area contributed by atoms with Gasteiger partial charge in [-0.1, -0.05) is 30.3 Å². The van der Waals surface area contributed by atoms with Crippen molar-refractivity contribution >= 4 is 17.8 Å². The predicted octanol–water partition coefficient (Wildman–Crippen LogP) is 3.61. The number of ether oxygens (including phenoxy) is 2. The van der Waals surface area contributed by atoms with Gasteiger partial charge in [0.2, 0.25) is 0 Å². The molecule has 0 fully saturated rings. The predicted molar refractivity (Wildman–Crippen MR) is 99.5 cm³/mol. The summed E-state index contributed by atoms with van der Waals surface area (Å²) in [4.78, 5) is 13.4. The second kappa shape index (κ2) is 8.67. The molecule has 0 saturated heterocycles. The van der Waals surface area contributed by atoms with Crippen molar-refractivity contribution < 1.29 is 14.3 Å². The fourth-order valence-corrected chi connectivity index (χ4v) is 3.89. The van der Waals surface area contributed by atoms with Crippen LogP contribution in [-0.2, 0) is 0 Å². The molecule has 2 aromatic carbocycles. The van der Waals surface area contributed by atoms with Crippen molar-refractivity contribution in [1.29, 1.82) is 0 Å². The Morgan fingerprint density at radius 2 is 1.92 bits per heavy atom. The third-order valence-electron chi connectivity index (χ3n) is 3.98. The van der Waals surface area contributed by atoms with Crippen LogP contribution in [0, 0.1) is 0 Å². The molecule has 132 valence electrons. The first-order valence-electron chi connectivity index (χ1n) is 8.30. The standard InChI is InChI=1S/C19H22N2O3S/c1-23-16-7-3-4-8-17(16)24-12-11-20-19(22)21-15-10-13-25-18-9-5-2-6-14(15)18/h2-9,15H,10-13H2,1H3,(H2,20,21,22). The van der Waals surface area contributed by atoms with Crippen molar-refractivity contribution in [2.45, 2.75) is 17.4 Å². The van der Waals surface area contributed by atoms with Gasteiger partial charge in [-0.25, -0.2) is 4.79 Å². The topological polar surface area (TPSA) is 59.6 Å². The molecule has 1 heterocycles. The number of urea groups is 1. The molecule has 6 heteroatoms. The van der Waals surface area contributed by atoms with E-state index >= 15 is 0 Å². The molecular formula is C19H22N2O3S. The van der Waals surface area contributed by atoms with E-state index in [1.165, 1.54) is 10.5 Å². The first-order valence-corrected chi connectivity index (χ1v) is 9.28. The third-order valence-corrected chi connectivity index (χ3v) is 5.10. The van der Waals surface area contributed by atoms with E-state index in [0.717, 1.165) is 12.2 Å². The Morgan fingerprint density at radius 1 is 1.16 bits per heavy atom. The van der Waals surface area contributed by atoms with Gasteiger partial charge >= 0.3 is 6.03 Å². The smallest absolute Gasteiger partial charge is 0.315 e. The van der Waals surface area contributed by atoms with Crippen LogP contribution in [0.1, 0.15) is 18.0 Å². The number of nitrogens with one attached hydrogen (secondary N) is 2. The molecule has 2 amide bonds. The molecule has 25 heavy (non-hydrogen) atoms. The lowest BCUT2D eigenvalue weighted by molar-refractivity contribution is 0.231. The summed E-state index contributed by atoms with van der Waals surface area (Å²) in [7, 11) is 1.61. The van der Waals surface area contributed by atoms with E-state index in [-0.39, 0.29) is 12.1 Å². The minimum Gasteiger partial charge on any atom is -0.493 e. The quantitative estimate of drug-likeness (QED) is 0.775. The molecule has 1 unspecified atom stereocenters. The normalized spacial score (nSPS) is 15.8. The summed E-state index contributed by atoms with van der Waals surface area (Å²) in [6.07, 6.45) is 0.937. The van der Waals surface area contributed by atoms with Crippen molar-refractivity contribution in [2.24, 2.45) is 0 Å². The molecule has 1 atom stereocenters. The van der Waals surface area contributed by atoms with Gasteiger partial charge in [0.05, 0.1) is 19.7 Å². The molecule has 3 rings (SSSR count). The molecule has 0 spiro atoms. The van der Waals surface area contributed by atoms with Gasteiger partial charge in [-0.05, 0) is 30.2 Å². The maximum absolute atomic E-state index is 12.1. The molecule has 0 aliphatic carbocycles. The van der Waals surface area contributed by atoms with Crippen molar-refractivity contribution in [1.82, 2.24) is 10.6 Å². The van der Waals surface area contributed by atoms with Crippen LogP contribution in [0.2, 0.25) is 0 Å². The largest absolute Gasteiger partial charge is 0.493 e. The van der Waals surface area contributed by atoms with Crippen molar-refractivity contribution in [3.05, 3.63) is 54.1 Å². The van der Waals surface area contributed by atoms with Crippen molar-refractivity contribution in [3.63, 3.8) is 0 Å². The van der Waals surface area contributed by atoms with Crippen LogP contribution < -0.4 is 20.1 Å². The molecule has 5 nitrogen and oxygen atoms in total. The Labute approximate surface area is 152 Å². The number of para-hydroxylation sites is 2. The molecule has 0 radical (unpaired) electrons. The number of hydrogen-bond acceptors (Lipinski definition) is 4. The van der Waals surface area contributed by atoms with E-state index in [0.29, 0.717) is 24.7 Å². The highest BCUT2D eigenvalue weighted by Crippen LogP contribution is 2.35. The Kier molecular flexibility index (Phi) is 6.06. The van der Waals surface area contributed by atoms with Crippen LogP contribution >= 0.6 is 11.8 Å². The van der Waals surface area contributed by atoms with E-state index in [2.05, 4.69) is 22.8 Å². The third kappa shape index (κ3) is 4.60. The van der Waals surface area contributed by atoms with Gasteiger partial charge in [-0.15, -0.1) is 11.8 Å². The molecule has 0 aromatic heterocycles. The van der Waals surface area contributed by atoms with Gasteiger partial charge in [-0.2, -0.15) is 0 Å². The Morgan fingerprint density at radius 3 is 2.76 bits per heavy atom. The lowest BCUT2D eigenvalue weighted by Gasteiger charge is -2.25. The lowest BCUT2D eigenvalue weighted by atomic mass is 10.0. The maximum atomic E-state index is 12.1. The van der Waals surface area contributed by atoms with E-state index in [9.17, 15) is 4.79 Å². The van der Waals surface area contributed by atoms with Crippen LogP contribution in [0.3, 0.4) is 0 Å². The van der Waals surface area contributed by atoms with E-state index in [1.807, 2.05) is 48.2 Å². The molecule has 2 aromatic rings. The molecule has 0 saturated carbocycles. The highest BCUT2D eigenvalue weighted by molar-refractivity contribution is 7.99. The van der Waals surface area contributed by atoms with E-state index in [4.69, 9.17) is 9.47 Å². The molecule has 2 N–H and O–H groups in total. The summed E-state index contributed by atoms with van der Waals surface area (Å²) in [5.74, 6) is 2.37.